The van der Waals surface area contributed by atoms with E-state index in [4.69, 9.17) is 23.2 Å². The van der Waals surface area contributed by atoms with Gasteiger partial charge < -0.3 is 0 Å². The molecule has 0 spiro atoms. The van der Waals surface area contributed by atoms with E-state index in [-0.39, 0.29) is 11.7 Å². The third kappa shape index (κ3) is 1.84. The third-order valence-corrected chi connectivity index (χ3v) is 3.87. The molecule has 0 aromatic heterocycles. The minimum absolute atomic E-state index is 0.0541. The maximum absolute atomic E-state index is 12.0. The molecule has 90 valence electrons. The molecular formula is C15H10Cl2O. The first-order chi connectivity index (χ1) is 8.66. The van der Waals surface area contributed by atoms with Gasteiger partial charge in [0, 0.05) is 27.9 Å². The van der Waals surface area contributed by atoms with E-state index in [1.807, 2.05) is 30.3 Å². The van der Waals surface area contributed by atoms with E-state index in [0.29, 0.717) is 22.0 Å². The van der Waals surface area contributed by atoms with Gasteiger partial charge >= 0.3 is 0 Å². The highest BCUT2D eigenvalue weighted by Gasteiger charge is 2.32. The molecule has 0 bridgehead atoms. The zero-order valence-electron chi connectivity index (χ0n) is 9.49. The zero-order chi connectivity index (χ0) is 12.7. The summed E-state index contributed by atoms with van der Waals surface area (Å²) in [4.78, 5) is 12.0. The van der Waals surface area contributed by atoms with Crippen LogP contribution in [0.2, 0.25) is 10.0 Å². The number of rotatable bonds is 1. The second kappa shape index (κ2) is 4.42. The Morgan fingerprint density at radius 3 is 2.50 bits per heavy atom. The molecule has 3 rings (SSSR count). The second-order valence-electron chi connectivity index (χ2n) is 4.44. The summed E-state index contributed by atoms with van der Waals surface area (Å²) in [6.07, 6.45) is 0.472. The molecule has 1 nitrogen and oxygen atoms in total. The summed E-state index contributed by atoms with van der Waals surface area (Å²) in [5.41, 5.74) is 2.70. The van der Waals surface area contributed by atoms with Crippen LogP contribution in [0.25, 0.3) is 0 Å². The van der Waals surface area contributed by atoms with Crippen LogP contribution < -0.4 is 0 Å². The Balaban J connectivity index is 2.18. The molecule has 1 aliphatic carbocycles. The largest absolute Gasteiger partial charge is 0.294 e. The molecule has 3 heteroatoms. The molecule has 1 atom stereocenters. The lowest BCUT2D eigenvalue weighted by Gasteiger charge is -2.12. The fourth-order valence-corrected chi connectivity index (χ4v) is 3.16. The number of fused-ring (bicyclic) bond motifs is 1. The Kier molecular flexibility index (Phi) is 2.89. The molecule has 0 N–H and O–H groups in total. The summed E-state index contributed by atoms with van der Waals surface area (Å²) in [6, 6.07) is 13.4. The molecule has 0 fully saturated rings. The first-order valence-electron chi connectivity index (χ1n) is 5.74. The van der Waals surface area contributed by atoms with Gasteiger partial charge in [0.15, 0.2) is 5.78 Å². The highest BCUT2D eigenvalue weighted by atomic mass is 35.5. The molecule has 0 amide bonds. The van der Waals surface area contributed by atoms with Gasteiger partial charge in [-0.3, -0.25) is 4.79 Å². The van der Waals surface area contributed by atoms with Crippen molar-refractivity contribution < 1.29 is 4.79 Å². The van der Waals surface area contributed by atoms with Crippen molar-refractivity contribution in [2.45, 2.75) is 12.3 Å². The summed E-state index contributed by atoms with van der Waals surface area (Å²) in [5.74, 6) is 0.168. The highest BCUT2D eigenvalue weighted by molar-refractivity contribution is 6.36. The minimum Gasteiger partial charge on any atom is -0.294 e. The van der Waals surface area contributed by atoms with Crippen LogP contribution in [0.3, 0.4) is 0 Å². The van der Waals surface area contributed by atoms with Crippen LogP contribution in [0.15, 0.2) is 42.5 Å². The van der Waals surface area contributed by atoms with Gasteiger partial charge in [-0.25, -0.2) is 0 Å². The predicted molar refractivity (Wildman–Crippen MR) is 73.7 cm³/mol. The summed E-state index contributed by atoms with van der Waals surface area (Å²) in [5, 5.41) is 1.10. The van der Waals surface area contributed by atoms with Crippen LogP contribution in [-0.2, 0) is 0 Å². The standard InChI is InChI=1S/C15H10Cl2O/c16-10-6-12-14(18)8-11(15(12)13(17)7-10)9-4-2-1-3-5-9/h1-7,11H,8H2. The molecule has 0 saturated carbocycles. The van der Waals surface area contributed by atoms with Gasteiger partial charge in [0.1, 0.15) is 0 Å². The summed E-state index contributed by atoms with van der Waals surface area (Å²) in [7, 11) is 0. The van der Waals surface area contributed by atoms with Crippen molar-refractivity contribution in [3.63, 3.8) is 0 Å². The monoisotopic (exact) mass is 276 g/mol. The molecule has 2 aromatic carbocycles. The number of hydrogen-bond donors (Lipinski definition) is 0. The van der Waals surface area contributed by atoms with E-state index in [0.717, 1.165) is 11.1 Å². The number of ketones is 1. The maximum atomic E-state index is 12.0. The Hall–Kier alpha value is -1.31. The van der Waals surface area contributed by atoms with Crippen molar-refractivity contribution in [2.24, 2.45) is 0 Å². The van der Waals surface area contributed by atoms with Gasteiger partial charge in [-0.15, -0.1) is 0 Å². The van der Waals surface area contributed by atoms with Crippen molar-refractivity contribution in [1.82, 2.24) is 0 Å². The maximum Gasteiger partial charge on any atom is 0.164 e. The number of benzene rings is 2. The number of halogens is 2. The Morgan fingerprint density at radius 1 is 1.06 bits per heavy atom. The fraction of sp³-hybridized carbons (Fsp3) is 0.133. The molecule has 0 saturated heterocycles. The Bertz CT molecular complexity index is 620. The zero-order valence-corrected chi connectivity index (χ0v) is 11.0. The topological polar surface area (TPSA) is 17.1 Å². The van der Waals surface area contributed by atoms with E-state index in [1.165, 1.54) is 0 Å². The molecule has 1 aliphatic rings. The minimum atomic E-state index is 0.0541. The van der Waals surface area contributed by atoms with Gasteiger partial charge in [-0.2, -0.15) is 0 Å². The highest BCUT2D eigenvalue weighted by Crippen LogP contribution is 2.43. The molecule has 0 heterocycles. The summed E-state index contributed by atoms with van der Waals surface area (Å²) >= 11 is 12.2. The normalized spacial score (nSPS) is 17.9. The van der Waals surface area contributed by atoms with E-state index in [1.54, 1.807) is 12.1 Å². The average molecular weight is 277 g/mol. The van der Waals surface area contributed by atoms with Gasteiger partial charge in [-0.05, 0) is 23.3 Å². The quantitative estimate of drug-likeness (QED) is 0.737. The van der Waals surface area contributed by atoms with Crippen molar-refractivity contribution >= 4 is 29.0 Å². The van der Waals surface area contributed by atoms with Crippen LogP contribution in [0.5, 0.6) is 0 Å². The molecular weight excluding hydrogens is 267 g/mol. The van der Waals surface area contributed by atoms with Crippen molar-refractivity contribution in [3.05, 3.63) is 69.2 Å². The Morgan fingerprint density at radius 2 is 1.78 bits per heavy atom. The number of Topliss-reactive ketones (excluding diaryl/α,β-unsaturated/α-hetero) is 1. The molecule has 1 unspecified atom stereocenters. The summed E-state index contributed by atoms with van der Waals surface area (Å²) < 4.78 is 0. The fourth-order valence-electron chi connectivity index (χ4n) is 2.54. The first-order valence-corrected chi connectivity index (χ1v) is 6.49. The second-order valence-corrected chi connectivity index (χ2v) is 5.28. The lowest BCUT2D eigenvalue weighted by Crippen LogP contribution is -1.97. The number of hydrogen-bond acceptors (Lipinski definition) is 1. The van der Waals surface area contributed by atoms with Crippen LogP contribution in [0, 0.1) is 0 Å². The van der Waals surface area contributed by atoms with Crippen molar-refractivity contribution in [1.29, 1.82) is 0 Å². The molecule has 2 aromatic rings. The van der Waals surface area contributed by atoms with Gasteiger partial charge in [-0.1, -0.05) is 53.5 Å². The predicted octanol–water partition coefficient (Wildman–Crippen LogP) is 4.71. The Labute approximate surface area is 115 Å². The van der Waals surface area contributed by atoms with Gasteiger partial charge in [0.25, 0.3) is 0 Å². The molecule has 18 heavy (non-hydrogen) atoms. The van der Waals surface area contributed by atoms with Crippen LogP contribution in [0.4, 0.5) is 0 Å². The van der Waals surface area contributed by atoms with E-state index in [2.05, 4.69) is 0 Å². The van der Waals surface area contributed by atoms with E-state index >= 15 is 0 Å². The lowest BCUT2D eigenvalue weighted by atomic mass is 9.93. The number of carbonyl (C=O) groups is 1. The SMILES string of the molecule is O=C1CC(c2ccccc2)c2c(Cl)cc(Cl)cc21. The van der Waals surface area contributed by atoms with Crippen LogP contribution in [-0.4, -0.2) is 5.78 Å². The van der Waals surface area contributed by atoms with Crippen LogP contribution in [0.1, 0.15) is 33.8 Å². The first kappa shape index (κ1) is 11.8. The van der Waals surface area contributed by atoms with Gasteiger partial charge in [0.05, 0.1) is 0 Å². The summed E-state index contributed by atoms with van der Waals surface area (Å²) in [6.45, 7) is 0. The molecule has 0 radical (unpaired) electrons. The lowest BCUT2D eigenvalue weighted by molar-refractivity contribution is 0.0991. The van der Waals surface area contributed by atoms with Crippen molar-refractivity contribution in [2.75, 3.05) is 0 Å². The van der Waals surface area contributed by atoms with E-state index in [9.17, 15) is 4.79 Å². The van der Waals surface area contributed by atoms with Gasteiger partial charge in [0.2, 0.25) is 0 Å². The third-order valence-electron chi connectivity index (χ3n) is 3.33. The van der Waals surface area contributed by atoms with Crippen molar-refractivity contribution in [3.8, 4) is 0 Å². The van der Waals surface area contributed by atoms with Crippen LogP contribution >= 0.6 is 23.2 Å². The average Bonchev–Trinajstić information content (AvgIpc) is 2.68. The molecule has 0 aliphatic heterocycles. The smallest absolute Gasteiger partial charge is 0.164 e. The number of carbonyl (C=O) groups excluding carboxylic acids is 1. The van der Waals surface area contributed by atoms with E-state index < -0.39 is 0 Å².